The molecule has 0 unspecified atom stereocenters. The number of nitrogens with zero attached hydrogens (tertiary/aromatic N) is 3. The molecule has 2 aliphatic rings. The van der Waals surface area contributed by atoms with Gasteiger partial charge in [0.1, 0.15) is 12.1 Å². The number of hydrogen-bond donors (Lipinski definition) is 2. The van der Waals surface area contributed by atoms with Crippen molar-refractivity contribution in [2.75, 3.05) is 13.1 Å². The average Bonchev–Trinajstić information content (AvgIpc) is 2.95. The molecule has 1 aromatic heterocycles. The zero-order chi connectivity index (χ0) is 18.9. The van der Waals surface area contributed by atoms with E-state index in [1.165, 1.54) is 13.1 Å². The number of aromatic nitrogens is 1. The molecular formula is C17H19F2N5O2. The molecule has 3 rings (SSSR count). The monoisotopic (exact) mass is 363 g/mol. The number of likely N-dealkylation sites (tertiary alicyclic amines) is 1. The van der Waals surface area contributed by atoms with Crippen molar-refractivity contribution in [3.8, 4) is 6.07 Å². The zero-order valence-corrected chi connectivity index (χ0v) is 14.3. The number of rotatable bonds is 3. The number of carbonyl (C=O) groups is 2. The van der Waals surface area contributed by atoms with E-state index in [1.807, 2.05) is 0 Å². The minimum absolute atomic E-state index is 0.314. The first-order valence-corrected chi connectivity index (χ1v) is 8.38. The summed E-state index contributed by atoms with van der Waals surface area (Å²) in [5.41, 5.74) is 2.17. The smallest absolute Gasteiger partial charge is 0.268 e. The van der Waals surface area contributed by atoms with Crippen LogP contribution in [0.1, 0.15) is 35.0 Å². The number of amides is 2. The van der Waals surface area contributed by atoms with Crippen LogP contribution in [0.2, 0.25) is 0 Å². The van der Waals surface area contributed by atoms with Crippen molar-refractivity contribution in [3.63, 3.8) is 0 Å². The Balaban J connectivity index is 1.67. The SMILES string of the molecule is C[C@@H](NC(=O)c1cnc2c(c1)CCNC2)C(=O)N1CC(F)(F)C[C@H]1C#N. The van der Waals surface area contributed by atoms with Crippen molar-refractivity contribution in [1.82, 2.24) is 20.5 Å². The van der Waals surface area contributed by atoms with Gasteiger partial charge in [-0.25, -0.2) is 8.78 Å². The van der Waals surface area contributed by atoms with Gasteiger partial charge in [-0.05, 0) is 31.5 Å². The Kier molecular flexibility index (Phi) is 4.87. The average molecular weight is 363 g/mol. The summed E-state index contributed by atoms with van der Waals surface area (Å²) in [6.07, 6.45) is 1.50. The molecule has 7 nitrogen and oxygen atoms in total. The number of nitriles is 1. The molecule has 138 valence electrons. The summed E-state index contributed by atoms with van der Waals surface area (Å²) in [4.78, 5) is 29.9. The number of alkyl halides is 2. The Hall–Kier alpha value is -2.60. The van der Waals surface area contributed by atoms with Gasteiger partial charge in [0.2, 0.25) is 5.91 Å². The molecule has 2 atom stereocenters. The Labute approximate surface area is 149 Å². The number of hydrogen-bond acceptors (Lipinski definition) is 5. The lowest BCUT2D eigenvalue weighted by Gasteiger charge is -2.24. The third-order valence-electron chi connectivity index (χ3n) is 4.61. The van der Waals surface area contributed by atoms with Crippen molar-refractivity contribution < 1.29 is 18.4 Å². The summed E-state index contributed by atoms with van der Waals surface area (Å²) >= 11 is 0. The third kappa shape index (κ3) is 3.65. The van der Waals surface area contributed by atoms with Crippen LogP contribution in [0.5, 0.6) is 0 Å². The third-order valence-corrected chi connectivity index (χ3v) is 4.61. The molecule has 2 aliphatic heterocycles. The topological polar surface area (TPSA) is 98.1 Å². The van der Waals surface area contributed by atoms with E-state index in [4.69, 9.17) is 5.26 Å². The molecule has 0 aromatic carbocycles. The number of carbonyl (C=O) groups excluding carboxylic acids is 2. The molecule has 1 aromatic rings. The first-order valence-electron chi connectivity index (χ1n) is 8.38. The van der Waals surface area contributed by atoms with Gasteiger partial charge >= 0.3 is 0 Å². The summed E-state index contributed by atoms with van der Waals surface area (Å²) in [7, 11) is 0. The lowest BCUT2D eigenvalue weighted by atomic mass is 10.0. The van der Waals surface area contributed by atoms with Gasteiger partial charge in [0.25, 0.3) is 11.8 Å². The number of fused-ring (bicyclic) bond motifs is 1. The van der Waals surface area contributed by atoms with Crippen LogP contribution >= 0.6 is 0 Å². The Morgan fingerprint density at radius 2 is 2.31 bits per heavy atom. The summed E-state index contributed by atoms with van der Waals surface area (Å²) in [6, 6.07) is 1.25. The minimum atomic E-state index is -3.09. The Bertz CT molecular complexity index is 777. The number of nitrogens with one attached hydrogen (secondary N) is 2. The molecule has 3 heterocycles. The summed E-state index contributed by atoms with van der Waals surface area (Å²) in [5.74, 6) is -4.28. The van der Waals surface area contributed by atoms with E-state index in [2.05, 4.69) is 15.6 Å². The molecule has 2 amide bonds. The molecule has 0 spiro atoms. The highest BCUT2D eigenvalue weighted by Gasteiger charge is 2.48. The highest BCUT2D eigenvalue weighted by Crippen LogP contribution is 2.32. The molecule has 9 heteroatoms. The van der Waals surface area contributed by atoms with Crippen LogP contribution in [0.15, 0.2) is 12.3 Å². The van der Waals surface area contributed by atoms with Gasteiger partial charge in [0, 0.05) is 19.2 Å². The highest BCUT2D eigenvalue weighted by molar-refractivity contribution is 5.97. The maximum Gasteiger partial charge on any atom is 0.268 e. The highest BCUT2D eigenvalue weighted by atomic mass is 19.3. The largest absolute Gasteiger partial charge is 0.340 e. The molecule has 2 N–H and O–H groups in total. The number of pyridine rings is 1. The van der Waals surface area contributed by atoms with E-state index < -0.39 is 42.8 Å². The van der Waals surface area contributed by atoms with E-state index >= 15 is 0 Å². The van der Waals surface area contributed by atoms with Gasteiger partial charge in [-0.15, -0.1) is 0 Å². The lowest BCUT2D eigenvalue weighted by Crippen LogP contribution is -2.48. The van der Waals surface area contributed by atoms with E-state index in [9.17, 15) is 18.4 Å². The molecule has 0 saturated carbocycles. The number of halogens is 2. The predicted molar refractivity (Wildman–Crippen MR) is 87.3 cm³/mol. The molecule has 1 saturated heterocycles. The van der Waals surface area contributed by atoms with Crippen LogP contribution in [0.3, 0.4) is 0 Å². The summed E-state index contributed by atoms with van der Waals surface area (Å²) in [6.45, 7) is 2.05. The molecule has 0 aliphatic carbocycles. The maximum absolute atomic E-state index is 13.5. The van der Waals surface area contributed by atoms with E-state index in [0.29, 0.717) is 12.1 Å². The minimum Gasteiger partial charge on any atom is -0.340 e. The van der Waals surface area contributed by atoms with Gasteiger partial charge in [-0.3, -0.25) is 14.6 Å². The van der Waals surface area contributed by atoms with Gasteiger partial charge in [0.15, 0.2) is 0 Å². The summed E-state index contributed by atoms with van der Waals surface area (Å²) in [5, 5.41) is 14.7. The zero-order valence-electron chi connectivity index (χ0n) is 14.3. The second kappa shape index (κ2) is 6.96. The maximum atomic E-state index is 13.5. The second-order valence-electron chi connectivity index (χ2n) is 6.62. The van der Waals surface area contributed by atoms with Crippen LogP contribution in [0, 0.1) is 11.3 Å². The van der Waals surface area contributed by atoms with Gasteiger partial charge in [-0.2, -0.15) is 5.26 Å². The standard InChI is InChI=1S/C17H19F2N5O2/c1-10(16(26)24-9-17(18,19)5-13(24)6-20)23-15(25)12-4-11-2-3-21-8-14(11)22-7-12/h4,7,10,13,21H,2-3,5,8-9H2,1H3,(H,23,25)/t10-,13+/m1/s1. The fourth-order valence-electron chi connectivity index (χ4n) is 3.22. The fourth-order valence-corrected chi connectivity index (χ4v) is 3.22. The van der Waals surface area contributed by atoms with E-state index in [0.717, 1.165) is 29.1 Å². The predicted octanol–water partition coefficient (Wildman–Crippen LogP) is 0.605. The first kappa shape index (κ1) is 18.2. The normalized spacial score (nSPS) is 22.2. The Morgan fingerprint density at radius 3 is 3.04 bits per heavy atom. The fraction of sp³-hybridized carbons (Fsp3) is 0.529. The molecule has 1 fully saturated rings. The van der Waals surface area contributed by atoms with Crippen molar-refractivity contribution in [2.24, 2.45) is 0 Å². The summed E-state index contributed by atoms with van der Waals surface area (Å²) < 4.78 is 27.0. The van der Waals surface area contributed by atoms with Crippen LogP contribution in [-0.2, 0) is 17.8 Å². The molecule has 0 bridgehead atoms. The Morgan fingerprint density at radius 1 is 1.54 bits per heavy atom. The van der Waals surface area contributed by atoms with E-state index in [-0.39, 0.29) is 0 Å². The first-order chi connectivity index (χ1) is 12.3. The molecule has 26 heavy (non-hydrogen) atoms. The van der Waals surface area contributed by atoms with Crippen molar-refractivity contribution in [3.05, 3.63) is 29.1 Å². The van der Waals surface area contributed by atoms with Crippen LogP contribution in [-0.4, -0.2) is 52.8 Å². The van der Waals surface area contributed by atoms with Crippen molar-refractivity contribution in [1.29, 1.82) is 5.26 Å². The quantitative estimate of drug-likeness (QED) is 0.820. The van der Waals surface area contributed by atoms with Crippen molar-refractivity contribution >= 4 is 11.8 Å². The molecular weight excluding hydrogens is 344 g/mol. The lowest BCUT2D eigenvalue weighted by molar-refractivity contribution is -0.134. The van der Waals surface area contributed by atoms with Crippen molar-refractivity contribution in [2.45, 2.75) is 44.3 Å². The van der Waals surface area contributed by atoms with Crippen LogP contribution < -0.4 is 10.6 Å². The van der Waals surface area contributed by atoms with Crippen LogP contribution in [0.25, 0.3) is 0 Å². The van der Waals surface area contributed by atoms with E-state index in [1.54, 1.807) is 12.1 Å². The molecule has 0 radical (unpaired) electrons. The van der Waals surface area contributed by atoms with Gasteiger partial charge < -0.3 is 15.5 Å². The van der Waals surface area contributed by atoms with Gasteiger partial charge in [0.05, 0.1) is 23.9 Å². The van der Waals surface area contributed by atoms with Gasteiger partial charge in [-0.1, -0.05) is 0 Å². The van der Waals surface area contributed by atoms with Crippen LogP contribution in [0.4, 0.5) is 8.78 Å². The second-order valence-corrected chi connectivity index (χ2v) is 6.62.